The van der Waals surface area contributed by atoms with Crippen LogP contribution in [-0.4, -0.2) is 46.8 Å². The second-order valence-electron chi connectivity index (χ2n) is 10.4. The number of amides is 3. The molecule has 0 spiro atoms. The van der Waals surface area contributed by atoms with Crippen LogP contribution in [0.15, 0.2) is 18.2 Å². The van der Waals surface area contributed by atoms with Crippen molar-refractivity contribution in [2.75, 3.05) is 13.1 Å². The van der Waals surface area contributed by atoms with Gasteiger partial charge in [-0.1, -0.05) is 31.0 Å². The van der Waals surface area contributed by atoms with E-state index >= 15 is 0 Å². The molecule has 3 fully saturated rings. The zero-order valence-electron chi connectivity index (χ0n) is 19.9. The van der Waals surface area contributed by atoms with Crippen molar-refractivity contribution >= 4 is 11.9 Å². The van der Waals surface area contributed by atoms with E-state index in [9.17, 15) is 14.8 Å². The summed E-state index contributed by atoms with van der Waals surface area (Å²) in [5, 5.41) is 17.7. The zero-order chi connectivity index (χ0) is 23.0. The number of aryl methyl sites for hydroxylation is 2. The summed E-state index contributed by atoms with van der Waals surface area (Å²) < 4.78 is -0.844. The van der Waals surface area contributed by atoms with Crippen LogP contribution in [0.1, 0.15) is 75.1 Å². The molecule has 1 aromatic carbocycles. The molecule has 3 unspecified atom stereocenters. The van der Waals surface area contributed by atoms with Crippen LogP contribution < -0.4 is 10.7 Å². The number of hydroxylamine groups is 3. The third-order valence-electron chi connectivity index (χ3n) is 7.76. The molecule has 2 N–H and O–H groups in total. The molecule has 0 radical (unpaired) electrons. The first-order valence-electron chi connectivity index (χ1n) is 12.2. The molecule has 1 saturated carbocycles. The van der Waals surface area contributed by atoms with Crippen molar-refractivity contribution < 1.29 is 14.2 Å². The van der Waals surface area contributed by atoms with Crippen LogP contribution in [0.2, 0.25) is 0 Å². The summed E-state index contributed by atoms with van der Waals surface area (Å²) in [4.78, 5) is 25.9. The number of fused-ring (bicyclic) bond motifs is 1. The molecule has 0 bridgehead atoms. The second-order valence-corrected chi connectivity index (χ2v) is 10.4. The van der Waals surface area contributed by atoms with Crippen LogP contribution in [-0.2, 0) is 4.79 Å². The number of rotatable bonds is 3. The first-order valence-corrected chi connectivity index (χ1v) is 12.2. The molecule has 0 aromatic heterocycles. The number of hydrogen-bond acceptors (Lipinski definition) is 4. The van der Waals surface area contributed by atoms with Crippen molar-refractivity contribution in [2.24, 2.45) is 11.8 Å². The fraction of sp³-hybridized carbons (Fsp3) is 0.680. The molecule has 7 nitrogen and oxygen atoms in total. The molecule has 3 aliphatic rings. The van der Waals surface area contributed by atoms with E-state index in [4.69, 9.17) is 0 Å². The molecule has 7 heteroatoms. The van der Waals surface area contributed by atoms with Crippen LogP contribution in [0.25, 0.3) is 0 Å². The number of carbonyl (C=O) groups excluding carboxylic acids is 2. The van der Waals surface area contributed by atoms with Crippen molar-refractivity contribution in [3.05, 3.63) is 40.1 Å². The van der Waals surface area contributed by atoms with Gasteiger partial charge in [-0.15, -0.1) is 0 Å². The number of hydrazine groups is 1. The normalized spacial score (nSPS) is 33.2. The Balaban J connectivity index is 1.53. The van der Waals surface area contributed by atoms with E-state index in [0.717, 1.165) is 19.3 Å². The summed E-state index contributed by atoms with van der Waals surface area (Å²) in [7, 11) is 0. The highest BCUT2D eigenvalue weighted by Crippen LogP contribution is 2.44. The Bertz CT molecular complexity index is 863. The van der Waals surface area contributed by atoms with Gasteiger partial charge in [0.2, 0.25) is 5.91 Å². The first-order chi connectivity index (χ1) is 15.2. The average molecular weight is 443 g/mol. The monoisotopic (exact) mass is 442 g/mol. The van der Waals surface area contributed by atoms with Gasteiger partial charge in [-0.3, -0.25) is 14.4 Å². The molecule has 2 saturated heterocycles. The third kappa shape index (κ3) is 4.43. The molecular formula is C25H38N4O3. The summed E-state index contributed by atoms with van der Waals surface area (Å²) in [6, 6.07) is 6.15. The lowest BCUT2D eigenvalue weighted by Gasteiger charge is -2.51. The van der Waals surface area contributed by atoms with Crippen molar-refractivity contribution in [1.29, 1.82) is 0 Å². The maximum atomic E-state index is 13.5. The predicted octanol–water partition coefficient (Wildman–Crippen LogP) is 4.09. The minimum atomic E-state index is -0.844. The number of nitrogens with zero attached hydrogens (tertiary/aromatic N) is 2. The first kappa shape index (κ1) is 23.2. The van der Waals surface area contributed by atoms with Gasteiger partial charge in [0.15, 0.2) is 0 Å². The lowest BCUT2D eigenvalue weighted by atomic mass is 9.71. The van der Waals surface area contributed by atoms with E-state index in [-0.39, 0.29) is 43.0 Å². The highest BCUT2D eigenvalue weighted by Gasteiger charge is 2.47. The van der Waals surface area contributed by atoms with E-state index in [2.05, 4.69) is 42.8 Å². The molecule has 2 aliphatic heterocycles. The van der Waals surface area contributed by atoms with Crippen molar-refractivity contribution in [3.8, 4) is 0 Å². The topological polar surface area (TPSA) is 84.5 Å². The lowest BCUT2D eigenvalue weighted by molar-refractivity contribution is -0.806. The van der Waals surface area contributed by atoms with E-state index in [1.54, 1.807) is 0 Å². The van der Waals surface area contributed by atoms with Gasteiger partial charge in [0.25, 0.3) is 0 Å². The number of urea groups is 1. The standard InChI is InChI=1S/C25H38N4O3/c1-16(2)26-25(31)29(32)13-11-20(12-14-29)28-24(30)22-8-6-5-7-21(22)23(27-28)19-10-9-17(3)18(4)15-19/h9-10,15-16,20-23,27H,5-8,11-14H2,1-4H3,(H,26,31). The number of hydrogen-bond donors (Lipinski definition) is 2. The SMILES string of the molecule is Cc1ccc(C2NN(C3CC[N+]([O-])(C(=O)NC(C)C)CC3)C(=O)C3CCCCC32)cc1C. The summed E-state index contributed by atoms with van der Waals surface area (Å²) >= 11 is 0. The van der Waals surface area contributed by atoms with Gasteiger partial charge < -0.3 is 10.5 Å². The van der Waals surface area contributed by atoms with Gasteiger partial charge in [0, 0.05) is 24.8 Å². The smallest absolute Gasteiger partial charge is 0.416 e. The summed E-state index contributed by atoms with van der Waals surface area (Å²) in [5.41, 5.74) is 7.38. The van der Waals surface area contributed by atoms with Gasteiger partial charge in [0.05, 0.1) is 25.2 Å². The Morgan fingerprint density at radius 3 is 2.47 bits per heavy atom. The number of nitrogens with one attached hydrogen (secondary N) is 2. The molecule has 1 aromatic rings. The Labute approximate surface area is 191 Å². The molecule has 4 rings (SSSR count). The number of likely N-dealkylation sites (tertiary alicyclic amines) is 1. The number of piperidine rings is 1. The van der Waals surface area contributed by atoms with Crippen LogP contribution in [0, 0.1) is 30.9 Å². The van der Waals surface area contributed by atoms with Gasteiger partial charge in [-0.2, -0.15) is 0 Å². The number of quaternary nitrogens is 1. The molecule has 3 atom stereocenters. The maximum absolute atomic E-state index is 13.5. The average Bonchev–Trinajstić information content (AvgIpc) is 2.76. The maximum Gasteiger partial charge on any atom is 0.416 e. The van der Waals surface area contributed by atoms with E-state index < -0.39 is 10.7 Å². The Morgan fingerprint density at radius 1 is 1.12 bits per heavy atom. The quantitative estimate of drug-likeness (QED) is 0.545. The van der Waals surface area contributed by atoms with E-state index in [1.807, 2.05) is 18.9 Å². The molecule has 1 aliphatic carbocycles. The Hall–Kier alpha value is -1.96. The Morgan fingerprint density at radius 2 is 1.81 bits per heavy atom. The van der Waals surface area contributed by atoms with E-state index in [1.165, 1.54) is 23.1 Å². The number of benzene rings is 1. The van der Waals surface area contributed by atoms with Crippen molar-refractivity contribution in [2.45, 2.75) is 84.3 Å². The fourth-order valence-corrected chi connectivity index (χ4v) is 5.72. The fourth-order valence-electron chi connectivity index (χ4n) is 5.72. The second kappa shape index (κ2) is 9.12. The summed E-state index contributed by atoms with van der Waals surface area (Å²) in [6.07, 6.45) is 5.34. The Kier molecular flexibility index (Phi) is 6.61. The van der Waals surface area contributed by atoms with E-state index in [0.29, 0.717) is 18.8 Å². The highest BCUT2D eigenvalue weighted by molar-refractivity contribution is 5.80. The number of carbonyl (C=O) groups is 2. The summed E-state index contributed by atoms with van der Waals surface area (Å²) in [6.45, 7) is 8.39. The van der Waals surface area contributed by atoms with Crippen LogP contribution >= 0.6 is 0 Å². The molecule has 176 valence electrons. The predicted molar refractivity (Wildman–Crippen MR) is 124 cm³/mol. The van der Waals surface area contributed by atoms with Gasteiger partial charge in [-0.05, 0) is 63.1 Å². The largest absolute Gasteiger partial charge is 0.624 e. The summed E-state index contributed by atoms with van der Waals surface area (Å²) in [5.74, 6) is 0.524. The van der Waals surface area contributed by atoms with Crippen molar-refractivity contribution in [3.63, 3.8) is 0 Å². The molecule has 32 heavy (non-hydrogen) atoms. The van der Waals surface area contributed by atoms with Gasteiger partial charge in [0.1, 0.15) is 0 Å². The molecular weight excluding hydrogens is 404 g/mol. The third-order valence-corrected chi connectivity index (χ3v) is 7.76. The van der Waals surface area contributed by atoms with Gasteiger partial charge >= 0.3 is 6.03 Å². The lowest BCUT2D eigenvalue weighted by Crippen LogP contribution is -2.65. The van der Waals surface area contributed by atoms with Crippen molar-refractivity contribution in [1.82, 2.24) is 15.8 Å². The minimum Gasteiger partial charge on any atom is -0.624 e. The van der Waals surface area contributed by atoms with Crippen LogP contribution in [0.3, 0.4) is 0 Å². The molecule has 2 heterocycles. The van der Waals surface area contributed by atoms with Crippen LogP contribution in [0.4, 0.5) is 4.79 Å². The van der Waals surface area contributed by atoms with Crippen LogP contribution in [0.5, 0.6) is 0 Å². The van der Waals surface area contributed by atoms with Gasteiger partial charge in [-0.25, -0.2) is 10.2 Å². The minimum absolute atomic E-state index is 0.0364. The zero-order valence-corrected chi connectivity index (χ0v) is 19.9. The highest BCUT2D eigenvalue weighted by atomic mass is 16.6. The molecule has 3 amide bonds.